The molecule has 0 saturated heterocycles. The maximum atomic E-state index is 10.7. The van der Waals surface area contributed by atoms with E-state index in [0.717, 1.165) is 5.69 Å². The van der Waals surface area contributed by atoms with E-state index in [4.69, 9.17) is 16.0 Å². The van der Waals surface area contributed by atoms with Crippen molar-refractivity contribution in [2.75, 3.05) is 5.32 Å². The molecule has 0 radical (unpaired) electrons. The number of nitro groups is 1. The van der Waals surface area contributed by atoms with Gasteiger partial charge in [-0.15, -0.1) is 0 Å². The maximum Gasteiger partial charge on any atom is 0.300 e. The van der Waals surface area contributed by atoms with Gasteiger partial charge in [-0.3, -0.25) is 10.1 Å². The number of nitrogens with zero attached hydrogens (tertiary/aromatic N) is 2. The van der Waals surface area contributed by atoms with Crippen molar-refractivity contribution in [1.29, 1.82) is 0 Å². The summed E-state index contributed by atoms with van der Waals surface area (Å²) in [5.74, 6) is 0. The second-order valence-electron chi connectivity index (χ2n) is 4.06. The van der Waals surface area contributed by atoms with Crippen LogP contribution in [0.5, 0.6) is 0 Å². The molecule has 0 bridgehead atoms. The van der Waals surface area contributed by atoms with E-state index in [1.54, 1.807) is 24.3 Å². The van der Waals surface area contributed by atoms with E-state index in [1.165, 1.54) is 12.1 Å². The van der Waals surface area contributed by atoms with Gasteiger partial charge >= 0.3 is 0 Å². The summed E-state index contributed by atoms with van der Waals surface area (Å²) in [4.78, 5) is 14.4. The van der Waals surface area contributed by atoms with E-state index in [1.807, 2.05) is 6.07 Å². The Morgan fingerprint density at radius 2 is 2.10 bits per heavy atom. The van der Waals surface area contributed by atoms with Crippen LogP contribution in [0.1, 0.15) is 0 Å². The van der Waals surface area contributed by atoms with Crippen LogP contribution in [-0.2, 0) is 0 Å². The van der Waals surface area contributed by atoms with Crippen LogP contribution in [0.4, 0.5) is 17.4 Å². The van der Waals surface area contributed by atoms with Crippen LogP contribution in [0.25, 0.3) is 11.1 Å². The number of halogens is 1. The highest BCUT2D eigenvalue weighted by atomic mass is 35.5. The molecule has 0 aliphatic carbocycles. The Morgan fingerprint density at radius 1 is 1.25 bits per heavy atom. The van der Waals surface area contributed by atoms with Gasteiger partial charge < -0.3 is 9.73 Å². The van der Waals surface area contributed by atoms with E-state index in [0.29, 0.717) is 16.1 Å². The number of rotatable bonds is 3. The number of benzene rings is 2. The Hall–Kier alpha value is -2.60. The number of oxazole rings is 1. The average molecular weight is 290 g/mol. The van der Waals surface area contributed by atoms with Crippen molar-refractivity contribution in [3.05, 3.63) is 57.6 Å². The first-order valence-electron chi connectivity index (χ1n) is 5.69. The lowest BCUT2D eigenvalue weighted by molar-refractivity contribution is -0.384. The van der Waals surface area contributed by atoms with Gasteiger partial charge in [-0.05, 0) is 24.3 Å². The zero-order valence-corrected chi connectivity index (χ0v) is 10.8. The summed E-state index contributed by atoms with van der Waals surface area (Å²) in [6.45, 7) is 0. The zero-order valence-electron chi connectivity index (χ0n) is 10.0. The molecular formula is C13H8ClN3O3. The summed E-state index contributed by atoms with van der Waals surface area (Å²) in [5.41, 5.74) is 1.57. The number of aromatic nitrogens is 1. The summed E-state index contributed by atoms with van der Waals surface area (Å²) in [7, 11) is 0. The largest absolute Gasteiger partial charge is 0.423 e. The van der Waals surface area contributed by atoms with Gasteiger partial charge in [0, 0.05) is 16.8 Å². The summed E-state index contributed by atoms with van der Waals surface area (Å²) in [6, 6.07) is 11.6. The van der Waals surface area contributed by atoms with Crippen molar-refractivity contribution < 1.29 is 9.34 Å². The Morgan fingerprint density at radius 3 is 2.85 bits per heavy atom. The molecule has 0 spiro atoms. The van der Waals surface area contributed by atoms with Crippen molar-refractivity contribution in [1.82, 2.24) is 4.98 Å². The van der Waals surface area contributed by atoms with Gasteiger partial charge in [0.1, 0.15) is 5.52 Å². The number of anilines is 2. The highest BCUT2D eigenvalue weighted by Gasteiger charge is 2.11. The van der Waals surface area contributed by atoms with Crippen LogP contribution in [0.3, 0.4) is 0 Å². The van der Waals surface area contributed by atoms with Crippen molar-refractivity contribution in [3.63, 3.8) is 0 Å². The van der Waals surface area contributed by atoms with E-state index < -0.39 is 4.92 Å². The maximum absolute atomic E-state index is 10.7. The van der Waals surface area contributed by atoms with Gasteiger partial charge in [0.05, 0.1) is 11.0 Å². The van der Waals surface area contributed by atoms with Crippen molar-refractivity contribution in [2.24, 2.45) is 0 Å². The van der Waals surface area contributed by atoms with Crippen LogP contribution in [0.15, 0.2) is 46.9 Å². The normalized spacial score (nSPS) is 10.7. The molecule has 0 unspecified atom stereocenters. The minimum Gasteiger partial charge on any atom is -0.423 e. The lowest BCUT2D eigenvalue weighted by Gasteiger charge is -2.00. The Kier molecular flexibility index (Phi) is 3.00. The molecule has 0 aliphatic rings. The standard InChI is InChI=1S/C13H8ClN3O3/c14-8-2-1-3-9(6-8)15-13-16-11-5-4-10(17(18)19)7-12(11)20-13/h1-7H,(H,15,16). The number of fused-ring (bicyclic) bond motifs is 1. The SMILES string of the molecule is O=[N+]([O-])c1ccc2nc(Nc3cccc(Cl)c3)oc2c1. The molecule has 2 aromatic carbocycles. The molecule has 1 N–H and O–H groups in total. The number of hydrogen-bond acceptors (Lipinski definition) is 5. The first-order chi connectivity index (χ1) is 9.61. The lowest BCUT2D eigenvalue weighted by atomic mass is 10.3. The zero-order chi connectivity index (χ0) is 14.1. The molecule has 100 valence electrons. The van der Waals surface area contributed by atoms with Gasteiger partial charge in [0.15, 0.2) is 5.58 Å². The molecule has 0 amide bonds. The van der Waals surface area contributed by atoms with E-state index in [9.17, 15) is 10.1 Å². The monoisotopic (exact) mass is 289 g/mol. The molecule has 3 rings (SSSR count). The minimum absolute atomic E-state index is 0.0389. The number of non-ortho nitro benzene ring substituents is 1. The summed E-state index contributed by atoms with van der Waals surface area (Å²) in [6.07, 6.45) is 0. The molecule has 3 aromatic rings. The smallest absolute Gasteiger partial charge is 0.300 e. The second-order valence-corrected chi connectivity index (χ2v) is 4.50. The molecule has 20 heavy (non-hydrogen) atoms. The fraction of sp³-hybridized carbons (Fsp3) is 0. The average Bonchev–Trinajstić information content (AvgIpc) is 2.79. The van der Waals surface area contributed by atoms with Crippen molar-refractivity contribution >= 4 is 40.1 Å². The molecule has 0 aliphatic heterocycles. The third-order valence-corrected chi connectivity index (χ3v) is 2.89. The Balaban J connectivity index is 1.95. The fourth-order valence-corrected chi connectivity index (χ4v) is 1.96. The van der Waals surface area contributed by atoms with Crippen LogP contribution < -0.4 is 5.32 Å². The highest BCUT2D eigenvalue weighted by molar-refractivity contribution is 6.30. The van der Waals surface area contributed by atoms with Crippen LogP contribution in [-0.4, -0.2) is 9.91 Å². The topological polar surface area (TPSA) is 81.2 Å². The molecule has 6 nitrogen and oxygen atoms in total. The predicted octanol–water partition coefficient (Wildman–Crippen LogP) is 4.13. The number of nitro benzene ring substituents is 1. The first-order valence-corrected chi connectivity index (χ1v) is 6.07. The van der Waals surface area contributed by atoms with E-state index >= 15 is 0 Å². The van der Waals surface area contributed by atoms with Crippen molar-refractivity contribution in [3.8, 4) is 0 Å². The van der Waals surface area contributed by atoms with Gasteiger partial charge in [-0.1, -0.05) is 17.7 Å². The molecule has 0 fully saturated rings. The minimum atomic E-state index is -0.480. The third-order valence-electron chi connectivity index (χ3n) is 2.66. The summed E-state index contributed by atoms with van der Waals surface area (Å²) >= 11 is 5.88. The lowest BCUT2D eigenvalue weighted by Crippen LogP contribution is -1.89. The molecule has 1 aromatic heterocycles. The summed E-state index contributed by atoms with van der Waals surface area (Å²) < 4.78 is 5.43. The number of hydrogen-bond donors (Lipinski definition) is 1. The van der Waals surface area contributed by atoms with Crippen LogP contribution >= 0.6 is 11.6 Å². The Bertz CT molecular complexity index is 800. The van der Waals surface area contributed by atoms with E-state index in [-0.39, 0.29) is 11.7 Å². The quantitative estimate of drug-likeness (QED) is 0.579. The van der Waals surface area contributed by atoms with Crippen LogP contribution in [0.2, 0.25) is 5.02 Å². The third kappa shape index (κ3) is 2.41. The molecular weight excluding hydrogens is 282 g/mol. The predicted molar refractivity (Wildman–Crippen MR) is 75.4 cm³/mol. The first kappa shape index (κ1) is 12.4. The van der Waals surface area contributed by atoms with E-state index in [2.05, 4.69) is 10.3 Å². The highest BCUT2D eigenvalue weighted by Crippen LogP contribution is 2.26. The van der Waals surface area contributed by atoms with Gasteiger partial charge in [-0.25, -0.2) is 0 Å². The Labute approximate surface area is 118 Å². The van der Waals surface area contributed by atoms with Gasteiger partial charge in [0.25, 0.3) is 11.7 Å². The molecule has 0 atom stereocenters. The van der Waals surface area contributed by atoms with Crippen LogP contribution in [0, 0.1) is 10.1 Å². The summed E-state index contributed by atoms with van der Waals surface area (Å²) in [5, 5.41) is 14.2. The van der Waals surface area contributed by atoms with Crippen molar-refractivity contribution in [2.45, 2.75) is 0 Å². The molecule has 1 heterocycles. The number of nitrogens with one attached hydrogen (secondary N) is 1. The fourth-order valence-electron chi connectivity index (χ4n) is 1.77. The molecule has 0 saturated carbocycles. The second kappa shape index (κ2) is 4.82. The molecule has 7 heteroatoms. The van der Waals surface area contributed by atoms with Gasteiger partial charge in [0.2, 0.25) is 0 Å². The van der Waals surface area contributed by atoms with Gasteiger partial charge in [-0.2, -0.15) is 4.98 Å².